The number of rotatable bonds is 3. The predicted molar refractivity (Wildman–Crippen MR) is 50.3 cm³/mol. The van der Waals surface area contributed by atoms with Crippen LogP contribution in [0.2, 0.25) is 0 Å². The Morgan fingerprint density at radius 2 is 1.20 bits per heavy atom. The van der Waals surface area contributed by atoms with E-state index >= 15 is 0 Å². The molecule has 0 heterocycles. The first-order valence-corrected chi connectivity index (χ1v) is 3.73. The van der Waals surface area contributed by atoms with Gasteiger partial charge < -0.3 is 21.1 Å². The third-order valence-electron chi connectivity index (χ3n) is 0.920. The molecule has 0 aromatic heterocycles. The van der Waals surface area contributed by atoms with Crippen LogP contribution >= 0.6 is 0 Å². The number of carboxylic acid groups (broad SMARTS) is 3. The number of hydrogen-bond donors (Lipinski definition) is 4. The molecule has 0 spiro atoms. The Balaban J connectivity index is 0. The van der Waals surface area contributed by atoms with Crippen molar-refractivity contribution in [3.8, 4) is 0 Å². The highest BCUT2D eigenvalue weighted by Crippen LogP contribution is 1.93. The Morgan fingerprint density at radius 3 is 1.27 bits per heavy atom. The van der Waals surface area contributed by atoms with E-state index in [9.17, 15) is 14.4 Å². The fourth-order valence-electron chi connectivity index (χ4n) is 0.143. The van der Waals surface area contributed by atoms with Crippen LogP contribution in [0.1, 0.15) is 13.8 Å². The number of carbonyl (C=O) groups is 3. The van der Waals surface area contributed by atoms with E-state index in [2.05, 4.69) is 0 Å². The molecule has 7 heteroatoms. The molecule has 15 heavy (non-hydrogen) atoms. The Morgan fingerprint density at radius 1 is 1.00 bits per heavy atom. The van der Waals surface area contributed by atoms with Gasteiger partial charge in [-0.15, -0.1) is 0 Å². The second-order valence-electron chi connectivity index (χ2n) is 3.04. The van der Waals surface area contributed by atoms with E-state index in [0.29, 0.717) is 12.2 Å². The molecule has 0 radical (unpaired) electrons. The molecule has 0 amide bonds. The molecule has 0 bridgehead atoms. The highest BCUT2D eigenvalue weighted by atomic mass is 16.4. The van der Waals surface area contributed by atoms with E-state index in [-0.39, 0.29) is 0 Å². The monoisotopic (exact) mass is 219 g/mol. The van der Waals surface area contributed by atoms with Crippen LogP contribution in [-0.2, 0) is 14.4 Å². The van der Waals surface area contributed by atoms with E-state index in [1.165, 1.54) is 13.8 Å². The van der Waals surface area contributed by atoms with Gasteiger partial charge in [0.15, 0.2) is 0 Å². The van der Waals surface area contributed by atoms with Gasteiger partial charge in [-0.25, -0.2) is 9.59 Å². The smallest absolute Gasteiger partial charge is 0.328 e. The summed E-state index contributed by atoms with van der Waals surface area (Å²) in [5.41, 5.74) is 4.00. The second-order valence-corrected chi connectivity index (χ2v) is 3.04. The summed E-state index contributed by atoms with van der Waals surface area (Å²) in [5, 5.41) is 23.7. The summed E-state index contributed by atoms with van der Waals surface area (Å²) in [5.74, 6) is -3.49. The van der Waals surface area contributed by atoms with Gasteiger partial charge >= 0.3 is 17.9 Å². The van der Waals surface area contributed by atoms with Gasteiger partial charge in [0.2, 0.25) is 0 Å². The van der Waals surface area contributed by atoms with Gasteiger partial charge in [0.05, 0.1) is 0 Å². The molecule has 5 N–H and O–H groups in total. The summed E-state index contributed by atoms with van der Waals surface area (Å²) in [6.07, 6.45) is 1.12. The fourth-order valence-corrected chi connectivity index (χ4v) is 0.143. The summed E-state index contributed by atoms with van der Waals surface area (Å²) in [7, 11) is 0. The summed E-state index contributed by atoms with van der Waals surface area (Å²) < 4.78 is 0. The molecule has 0 aliphatic carbocycles. The van der Waals surface area contributed by atoms with Gasteiger partial charge in [-0.05, 0) is 13.8 Å². The van der Waals surface area contributed by atoms with E-state index in [4.69, 9.17) is 21.1 Å². The first-order chi connectivity index (χ1) is 6.57. The molecule has 0 saturated heterocycles. The topological polar surface area (TPSA) is 138 Å². The van der Waals surface area contributed by atoms with Crippen LogP contribution in [-0.4, -0.2) is 38.8 Å². The zero-order valence-corrected chi connectivity index (χ0v) is 8.30. The maximum absolute atomic E-state index is 9.90. The number of nitrogens with two attached hydrogens (primary N) is 1. The largest absolute Gasteiger partial charge is 0.480 e. The van der Waals surface area contributed by atoms with Crippen LogP contribution in [0, 0.1) is 0 Å². The normalized spacial score (nSPS) is 10.3. The molecule has 0 atom stereocenters. The molecular formula is C8H13NO6. The lowest BCUT2D eigenvalue weighted by Gasteiger charge is -2.09. The number of carboxylic acids is 3. The van der Waals surface area contributed by atoms with E-state index in [1.54, 1.807) is 0 Å². The maximum Gasteiger partial charge on any atom is 0.328 e. The van der Waals surface area contributed by atoms with Crippen LogP contribution in [0.25, 0.3) is 0 Å². The summed E-state index contributed by atoms with van der Waals surface area (Å²) in [6.45, 7) is 2.88. The lowest BCUT2D eigenvalue weighted by Crippen LogP contribution is -2.41. The first-order valence-electron chi connectivity index (χ1n) is 3.73. The molecule has 0 rings (SSSR count). The minimum atomic E-state index is -1.26. The van der Waals surface area contributed by atoms with Gasteiger partial charge in [-0.1, -0.05) is 0 Å². The zero-order valence-electron chi connectivity index (χ0n) is 8.30. The highest BCUT2D eigenvalue weighted by molar-refractivity contribution is 5.89. The molecule has 0 aliphatic heterocycles. The van der Waals surface area contributed by atoms with E-state index in [1.807, 2.05) is 0 Å². The molecule has 7 nitrogen and oxygen atoms in total. The Labute approximate surface area is 85.8 Å². The Bertz CT molecular complexity index is 259. The molecule has 0 aromatic carbocycles. The van der Waals surface area contributed by atoms with Crippen LogP contribution in [0.5, 0.6) is 0 Å². The molecule has 0 saturated carbocycles. The molecule has 0 unspecified atom stereocenters. The maximum atomic E-state index is 9.90. The van der Waals surface area contributed by atoms with Gasteiger partial charge in [0, 0.05) is 12.2 Å². The summed E-state index contributed by atoms with van der Waals surface area (Å²) in [4.78, 5) is 29.0. The summed E-state index contributed by atoms with van der Waals surface area (Å²) >= 11 is 0. The summed E-state index contributed by atoms with van der Waals surface area (Å²) in [6, 6.07) is 0. The minimum Gasteiger partial charge on any atom is -0.480 e. The van der Waals surface area contributed by atoms with Crippen molar-refractivity contribution in [2.75, 3.05) is 0 Å². The quantitative estimate of drug-likeness (QED) is 0.470. The predicted octanol–water partition coefficient (Wildman–Crippen LogP) is -0.480. The fraction of sp³-hybridized carbons (Fsp3) is 0.375. The molecule has 0 fully saturated rings. The van der Waals surface area contributed by atoms with Crippen molar-refractivity contribution in [2.45, 2.75) is 19.4 Å². The van der Waals surface area contributed by atoms with Gasteiger partial charge in [0.1, 0.15) is 5.54 Å². The number of aliphatic carboxylic acids is 3. The molecule has 0 aliphatic rings. The van der Waals surface area contributed by atoms with Crippen LogP contribution in [0.4, 0.5) is 0 Å². The molecule has 0 aromatic rings. The average Bonchev–Trinajstić information content (AvgIpc) is 2.00. The zero-order chi connectivity index (χ0) is 12.6. The van der Waals surface area contributed by atoms with Crippen molar-refractivity contribution in [3.05, 3.63) is 12.2 Å². The first kappa shape index (κ1) is 15.6. The Hall–Kier alpha value is -1.89. The van der Waals surface area contributed by atoms with Gasteiger partial charge in [0.25, 0.3) is 0 Å². The second kappa shape index (κ2) is 6.55. The van der Waals surface area contributed by atoms with E-state index in [0.717, 1.165) is 0 Å². The SMILES string of the molecule is CC(C)(N)C(=O)O.O=C(O)/C=C\C(=O)O. The molecule has 86 valence electrons. The third-order valence-corrected chi connectivity index (χ3v) is 0.920. The van der Waals surface area contributed by atoms with Crippen LogP contribution in [0.15, 0.2) is 12.2 Å². The van der Waals surface area contributed by atoms with Crippen molar-refractivity contribution in [1.82, 2.24) is 0 Å². The lowest BCUT2D eigenvalue weighted by molar-refractivity contribution is -0.142. The standard InChI is InChI=1S/C4H9NO2.C4H4O4/c1-4(2,5)3(6)7;5-3(6)1-2-4(7)8/h5H2,1-2H3,(H,6,7);1-2H,(H,5,6)(H,7,8)/b;2-1-. The van der Waals surface area contributed by atoms with Gasteiger partial charge in [-0.2, -0.15) is 0 Å². The Kier molecular flexibility index (Phi) is 6.80. The van der Waals surface area contributed by atoms with Gasteiger partial charge in [-0.3, -0.25) is 4.79 Å². The minimum absolute atomic E-state index is 0.558. The van der Waals surface area contributed by atoms with Crippen molar-refractivity contribution < 1.29 is 29.7 Å². The van der Waals surface area contributed by atoms with Crippen molar-refractivity contribution in [2.24, 2.45) is 5.73 Å². The van der Waals surface area contributed by atoms with Crippen molar-refractivity contribution in [1.29, 1.82) is 0 Å². The molecular weight excluding hydrogens is 206 g/mol. The average molecular weight is 219 g/mol. The number of hydrogen-bond acceptors (Lipinski definition) is 4. The van der Waals surface area contributed by atoms with Crippen molar-refractivity contribution in [3.63, 3.8) is 0 Å². The van der Waals surface area contributed by atoms with Crippen LogP contribution < -0.4 is 5.73 Å². The third kappa shape index (κ3) is 14.9. The van der Waals surface area contributed by atoms with Crippen LogP contribution in [0.3, 0.4) is 0 Å². The van der Waals surface area contributed by atoms with Crippen molar-refractivity contribution >= 4 is 17.9 Å². The van der Waals surface area contributed by atoms with E-state index < -0.39 is 23.4 Å². The lowest BCUT2D eigenvalue weighted by atomic mass is 10.1. The highest BCUT2D eigenvalue weighted by Gasteiger charge is 2.19.